The molecule has 0 bridgehead atoms. The number of thiophene rings is 1. The summed E-state index contributed by atoms with van der Waals surface area (Å²) in [6.07, 6.45) is 1.74. The zero-order valence-corrected chi connectivity index (χ0v) is 16.0. The van der Waals surface area contributed by atoms with Gasteiger partial charge in [-0.2, -0.15) is 18.3 Å². The molecule has 0 saturated heterocycles. The molecule has 0 fully saturated rings. The molecule has 0 aliphatic carbocycles. The molecule has 2 heterocycles. The third kappa shape index (κ3) is 4.87. The summed E-state index contributed by atoms with van der Waals surface area (Å²) in [5.74, 6) is -0.485. The second-order valence-electron chi connectivity index (χ2n) is 6.32. The van der Waals surface area contributed by atoms with Crippen LogP contribution in [0.25, 0.3) is 0 Å². The molecule has 1 unspecified atom stereocenters. The van der Waals surface area contributed by atoms with E-state index in [0.717, 1.165) is 47.9 Å². The molecule has 0 aromatic carbocycles. The number of anilines is 1. The van der Waals surface area contributed by atoms with E-state index in [2.05, 4.69) is 24.3 Å². The maximum absolute atomic E-state index is 13.1. The first-order chi connectivity index (χ1) is 12.3. The molecule has 0 aliphatic heterocycles. The van der Waals surface area contributed by atoms with Crippen molar-refractivity contribution in [3.05, 3.63) is 33.8 Å². The van der Waals surface area contributed by atoms with Gasteiger partial charge in [0.15, 0.2) is 5.69 Å². The number of hydrogen-bond acceptors (Lipinski definition) is 3. The number of amides is 1. The molecule has 0 radical (unpaired) electrons. The molecule has 8 heteroatoms. The number of rotatable bonds is 8. The predicted octanol–water partition coefficient (Wildman–Crippen LogP) is 5.83. The van der Waals surface area contributed by atoms with Gasteiger partial charge < -0.3 is 5.32 Å². The Hall–Kier alpha value is -1.83. The quantitative estimate of drug-likeness (QED) is 0.580. The van der Waals surface area contributed by atoms with Crippen LogP contribution < -0.4 is 5.32 Å². The molecule has 0 saturated carbocycles. The number of unbranched alkanes of at least 4 members (excludes halogenated alkanes) is 2. The summed E-state index contributed by atoms with van der Waals surface area (Å²) < 4.78 is 40.3. The van der Waals surface area contributed by atoms with Crippen LogP contribution in [0.15, 0.2) is 17.6 Å². The first-order valence-electron chi connectivity index (χ1n) is 8.77. The van der Waals surface area contributed by atoms with Gasteiger partial charge in [0.05, 0.1) is 11.3 Å². The van der Waals surface area contributed by atoms with Crippen LogP contribution in [0.4, 0.5) is 18.9 Å². The van der Waals surface area contributed by atoms with Gasteiger partial charge in [-0.05, 0) is 30.2 Å². The van der Waals surface area contributed by atoms with Gasteiger partial charge in [0.25, 0.3) is 5.91 Å². The normalized spacial score (nSPS) is 13.0. The summed E-state index contributed by atoms with van der Waals surface area (Å²) in [7, 11) is 1.36. The molecular weight excluding hydrogens is 363 g/mol. The number of aryl methyl sites for hydroxylation is 1. The van der Waals surface area contributed by atoms with Crippen LogP contribution in [0, 0.1) is 0 Å². The molecule has 1 N–H and O–H groups in total. The average Bonchev–Trinajstić information content (AvgIpc) is 3.18. The summed E-state index contributed by atoms with van der Waals surface area (Å²) in [6.45, 7) is 4.23. The second-order valence-corrected chi connectivity index (χ2v) is 7.26. The van der Waals surface area contributed by atoms with Crippen molar-refractivity contribution < 1.29 is 18.0 Å². The maximum atomic E-state index is 13.1. The van der Waals surface area contributed by atoms with E-state index in [4.69, 9.17) is 0 Å². The zero-order chi connectivity index (χ0) is 19.3. The van der Waals surface area contributed by atoms with Crippen molar-refractivity contribution in [1.29, 1.82) is 0 Å². The van der Waals surface area contributed by atoms with E-state index in [0.29, 0.717) is 11.6 Å². The van der Waals surface area contributed by atoms with Gasteiger partial charge in [-0.3, -0.25) is 9.48 Å². The van der Waals surface area contributed by atoms with Crippen LogP contribution in [0.5, 0.6) is 0 Å². The van der Waals surface area contributed by atoms with Crippen LogP contribution in [0.2, 0.25) is 0 Å². The number of halogens is 3. The largest absolute Gasteiger partial charge is 0.435 e. The molecule has 1 amide bonds. The summed E-state index contributed by atoms with van der Waals surface area (Å²) in [5, 5.41) is 7.91. The molecule has 1 atom stereocenters. The number of carbonyl (C=O) groups excluding carboxylic acids is 1. The standard InChI is InChI=1S/C18H24F3N3OS/c1-4-6-7-8-12(5-2)15-14(9-10-26-15)22-17(25)13-11-24(3)23-16(13)18(19,20)21/h9-12H,4-8H2,1-3H3,(H,22,25). The van der Waals surface area contributed by atoms with E-state index in [1.165, 1.54) is 18.4 Å². The number of nitrogens with zero attached hydrogens (tertiary/aromatic N) is 2. The minimum Gasteiger partial charge on any atom is -0.321 e. The Morgan fingerprint density at radius 1 is 1.35 bits per heavy atom. The summed E-state index contributed by atoms with van der Waals surface area (Å²) in [6, 6.07) is 1.75. The van der Waals surface area contributed by atoms with Gasteiger partial charge in [0, 0.05) is 18.1 Å². The Labute approximate surface area is 155 Å². The van der Waals surface area contributed by atoms with Crippen LogP contribution >= 0.6 is 11.3 Å². The number of aromatic nitrogens is 2. The molecular formula is C18H24F3N3OS. The van der Waals surface area contributed by atoms with E-state index in [1.54, 1.807) is 6.07 Å². The highest BCUT2D eigenvalue weighted by Crippen LogP contribution is 2.37. The Morgan fingerprint density at radius 3 is 2.69 bits per heavy atom. The lowest BCUT2D eigenvalue weighted by Gasteiger charge is -2.16. The number of alkyl halides is 3. The van der Waals surface area contributed by atoms with Gasteiger partial charge in [0.2, 0.25) is 0 Å². The third-order valence-electron chi connectivity index (χ3n) is 4.31. The van der Waals surface area contributed by atoms with E-state index < -0.39 is 23.3 Å². The Bertz CT molecular complexity index is 736. The van der Waals surface area contributed by atoms with Gasteiger partial charge >= 0.3 is 6.18 Å². The highest BCUT2D eigenvalue weighted by Gasteiger charge is 2.39. The third-order valence-corrected chi connectivity index (χ3v) is 5.38. The molecule has 0 spiro atoms. The highest BCUT2D eigenvalue weighted by atomic mass is 32.1. The first-order valence-corrected chi connectivity index (χ1v) is 9.65. The minimum atomic E-state index is -4.67. The Morgan fingerprint density at radius 2 is 2.08 bits per heavy atom. The minimum absolute atomic E-state index is 0.299. The molecule has 4 nitrogen and oxygen atoms in total. The van der Waals surface area contributed by atoms with Crippen molar-refractivity contribution >= 4 is 22.9 Å². The lowest BCUT2D eigenvalue weighted by Crippen LogP contribution is -2.18. The first kappa shape index (κ1) is 20.5. The Balaban J connectivity index is 2.20. The van der Waals surface area contributed by atoms with Gasteiger partial charge in [-0.15, -0.1) is 11.3 Å². The topological polar surface area (TPSA) is 46.9 Å². The Kier molecular flexibility index (Phi) is 6.86. The number of nitrogens with one attached hydrogen (secondary N) is 1. The van der Waals surface area contributed by atoms with E-state index in [9.17, 15) is 18.0 Å². The maximum Gasteiger partial charge on any atom is 0.435 e. The van der Waals surface area contributed by atoms with Crippen molar-refractivity contribution in [2.45, 2.75) is 58.0 Å². The molecule has 0 aliphatic rings. The van der Waals surface area contributed by atoms with Crippen LogP contribution in [0.3, 0.4) is 0 Å². The van der Waals surface area contributed by atoms with Gasteiger partial charge in [-0.25, -0.2) is 0 Å². The molecule has 26 heavy (non-hydrogen) atoms. The van der Waals surface area contributed by atoms with Crippen molar-refractivity contribution in [2.75, 3.05) is 5.32 Å². The van der Waals surface area contributed by atoms with Crippen LogP contribution in [-0.4, -0.2) is 15.7 Å². The summed E-state index contributed by atoms with van der Waals surface area (Å²) >= 11 is 1.53. The lowest BCUT2D eigenvalue weighted by atomic mass is 9.96. The van der Waals surface area contributed by atoms with Crippen molar-refractivity contribution in [2.24, 2.45) is 7.05 Å². The van der Waals surface area contributed by atoms with E-state index >= 15 is 0 Å². The van der Waals surface area contributed by atoms with Crippen molar-refractivity contribution in [3.8, 4) is 0 Å². The number of hydrogen-bond donors (Lipinski definition) is 1. The zero-order valence-electron chi connectivity index (χ0n) is 15.2. The van der Waals surface area contributed by atoms with Crippen molar-refractivity contribution in [3.63, 3.8) is 0 Å². The smallest absolute Gasteiger partial charge is 0.321 e. The SMILES string of the molecule is CCCCCC(CC)c1sccc1NC(=O)c1cn(C)nc1C(F)(F)F. The second kappa shape index (κ2) is 8.70. The molecule has 2 aromatic rings. The molecule has 144 valence electrons. The number of carbonyl (C=O) groups is 1. The fourth-order valence-corrected chi connectivity index (χ4v) is 4.03. The van der Waals surface area contributed by atoms with Gasteiger partial charge in [0.1, 0.15) is 0 Å². The fraction of sp³-hybridized carbons (Fsp3) is 0.556. The average molecular weight is 387 g/mol. The van der Waals surface area contributed by atoms with Crippen molar-refractivity contribution in [1.82, 2.24) is 9.78 Å². The van der Waals surface area contributed by atoms with Crippen LogP contribution in [0.1, 0.15) is 72.8 Å². The monoisotopic (exact) mass is 387 g/mol. The fourth-order valence-electron chi connectivity index (χ4n) is 2.96. The highest BCUT2D eigenvalue weighted by molar-refractivity contribution is 7.10. The predicted molar refractivity (Wildman–Crippen MR) is 97.7 cm³/mol. The van der Waals surface area contributed by atoms with E-state index in [1.807, 2.05) is 5.38 Å². The molecule has 2 aromatic heterocycles. The molecule has 2 rings (SSSR count). The van der Waals surface area contributed by atoms with E-state index in [-0.39, 0.29) is 0 Å². The summed E-state index contributed by atoms with van der Waals surface area (Å²) in [5.41, 5.74) is -1.03. The van der Waals surface area contributed by atoms with Crippen LogP contribution in [-0.2, 0) is 13.2 Å². The van der Waals surface area contributed by atoms with Gasteiger partial charge in [-0.1, -0.05) is 33.1 Å². The summed E-state index contributed by atoms with van der Waals surface area (Å²) in [4.78, 5) is 13.5. The lowest BCUT2D eigenvalue weighted by molar-refractivity contribution is -0.141.